The molecular formula is C21H33IN4O2S. The highest BCUT2D eigenvalue weighted by atomic mass is 127. The fraction of sp³-hybridized carbons (Fsp3) is 0.571. The number of H-pyrrole nitrogens is 1. The Hall–Kier alpha value is -1.29. The number of aromatic nitrogens is 1. The molecule has 1 aromatic carbocycles. The molecule has 6 nitrogen and oxygen atoms in total. The summed E-state index contributed by atoms with van der Waals surface area (Å²) in [6, 6.07) is 6.11. The van der Waals surface area contributed by atoms with Gasteiger partial charge in [0.2, 0.25) is 0 Å². The molecule has 29 heavy (non-hydrogen) atoms. The van der Waals surface area contributed by atoms with Crippen LogP contribution in [0, 0.1) is 0 Å². The summed E-state index contributed by atoms with van der Waals surface area (Å²) in [6.07, 6.45) is 3.22. The summed E-state index contributed by atoms with van der Waals surface area (Å²) in [5.74, 6) is 3.85. The van der Waals surface area contributed by atoms with Gasteiger partial charge in [0.15, 0.2) is 5.96 Å². The van der Waals surface area contributed by atoms with Crippen molar-refractivity contribution in [3.63, 3.8) is 0 Å². The number of hydrogen-bond donors (Lipinski definition) is 2. The zero-order valence-electron chi connectivity index (χ0n) is 17.8. The smallest absolute Gasteiger partial charge is 0.193 e. The highest BCUT2D eigenvalue weighted by Gasteiger charge is 2.21. The Balaban J connectivity index is 0.00000300. The standard InChI is InChI=1S/C21H32N4O2S.HI/c1-5-17-14-25(9-10-28-17)21(22-2)23-8-6-7-15-11-18-19(24-15)12-16(26-3)13-20(18)27-4;/h11-13,17,24H,5-10,14H2,1-4H3,(H,22,23);1H. The molecule has 3 rings (SSSR count). The van der Waals surface area contributed by atoms with Crippen LogP contribution >= 0.6 is 35.7 Å². The van der Waals surface area contributed by atoms with Crippen LogP contribution in [0.1, 0.15) is 25.5 Å². The molecule has 1 aliphatic rings. The highest BCUT2D eigenvalue weighted by Crippen LogP contribution is 2.31. The van der Waals surface area contributed by atoms with Crippen LogP contribution in [0.25, 0.3) is 10.9 Å². The summed E-state index contributed by atoms with van der Waals surface area (Å²) in [7, 11) is 5.24. The van der Waals surface area contributed by atoms with Crippen molar-refractivity contribution >= 4 is 52.6 Å². The van der Waals surface area contributed by atoms with E-state index in [2.05, 4.69) is 44.9 Å². The molecule has 0 saturated carbocycles. The monoisotopic (exact) mass is 532 g/mol. The van der Waals surface area contributed by atoms with Crippen LogP contribution in [-0.4, -0.2) is 67.7 Å². The van der Waals surface area contributed by atoms with Gasteiger partial charge in [-0.15, -0.1) is 24.0 Å². The second-order valence-electron chi connectivity index (χ2n) is 7.01. The summed E-state index contributed by atoms with van der Waals surface area (Å²) in [4.78, 5) is 10.4. The highest BCUT2D eigenvalue weighted by molar-refractivity contribution is 14.0. The van der Waals surface area contributed by atoms with E-state index in [0.717, 1.165) is 60.8 Å². The lowest BCUT2D eigenvalue weighted by Gasteiger charge is -2.34. The minimum atomic E-state index is 0. The van der Waals surface area contributed by atoms with Gasteiger partial charge in [-0.2, -0.15) is 11.8 Å². The van der Waals surface area contributed by atoms with Gasteiger partial charge in [0.05, 0.1) is 19.7 Å². The first kappa shape index (κ1) is 24.0. The average molecular weight is 532 g/mol. The number of ether oxygens (including phenoxy) is 2. The molecule has 1 saturated heterocycles. The maximum Gasteiger partial charge on any atom is 0.193 e. The van der Waals surface area contributed by atoms with Gasteiger partial charge in [0.25, 0.3) is 0 Å². The molecule has 0 spiro atoms. The third kappa shape index (κ3) is 6.10. The van der Waals surface area contributed by atoms with Crippen LogP contribution in [0.4, 0.5) is 0 Å². The molecule has 0 bridgehead atoms. The summed E-state index contributed by atoms with van der Waals surface area (Å²) < 4.78 is 10.9. The number of guanidine groups is 1. The lowest BCUT2D eigenvalue weighted by Crippen LogP contribution is -2.48. The molecule has 0 radical (unpaired) electrons. The maximum atomic E-state index is 5.50. The van der Waals surface area contributed by atoms with E-state index < -0.39 is 0 Å². The molecule has 1 fully saturated rings. The molecular weight excluding hydrogens is 499 g/mol. The summed E-state index contributed by atoms with van der Waals surface area (Å²) in [5, 5.41) is 5.35. The third-order valence-corrected chi connectivity index (χ3v) is 6.57. The number of rotatable bonds is 7. The number of hydrogen-bond acceptors (Lipinski definition) is 4. The summed E-state index contributed by atoms with van der Waals surface area (Å²) in [5.41, 5.74) is 2.25. The maximum absolute atomic E-state index is 5.50. The minimum absolute atomic E-state index is 0. The predicted molar refractivity (Wildman–Crippen MR) is 135 cm³/mol. The Morgan fingerprint density at radius 3 is 2.83 bits per heavy atom. The first-order valence-electron chi connectivity index (χ1n) is 9.99. The second kappa shape index (κ2) is 11.8. The molecule has 2 N–H and O–H groups in total. The van der Waals surface area contributed by atoms with Gasteiger partial charge >= 0.3 is 0 Å². The Morgan fingerprint density at radius 1 is 1.31 bits per heavy atom. The van der Waals surface area contributed by atoms with E-state index in [-0.39, 0.29) is 24.0 Å². The first-order valence-corrected chi connectivity index (χ1v) is 11.0. The van der Waals surface area contributed by atoms with Crippen molar-refractivity contribution in [2.24, 2.45) is 4.99 Å². The quantitative estimate of drug-likeness (QED) is 0.243. The molecule has 2 aromatic rings. The second-order valence-corrected chi connectivity index (χ2v) is 8.42. The number of aliphatic imine (C=N–C) groups is 1. The molecule has 1 aromatic heterocycles. The molecule has 2 heterocycles. The number of methoxy groups -OCH3 is 2. The fourth-order valence-electron chi connectivity index (χ4n) is 3.63. The zero-order valence-corrected chi connectivity index (χ0v) is 20.9. The molecule has 0 amide bonds. The van der Waals surface area contributed by atoms with Gasteiger partial charge in [-0.05, 0) is 25.3 Å². The molecule has 1 aliphatic heterocycles. The van der Waals surface area contributed by atoms with Crippen molar-refractivity contribution in [3.8, 4) is 11.5 Å². The minimum Gasteiger partial charge on any atom is -0.497 e. The number of fused-ring (bicyclic) bond motifs is 1. The van der Waals surface area contributed by atoms with E-state index in [9.17, 15) is 0 Å². The topological polar surface area (TPSA) is 61.9 Å². The number of nitrogens with one attached hydrogen (secondary N) is 2. The van der Waals surface area contributed by atoms with E-state index in [1.165, 1.54) is 17.9 Å². The van der Waals surface area contributed by atoms with Gasteiger partial charge in [-0.1, -0.05) is 6.92 Å². The van der Waals surface area contributed by atoms with Crippen molar-refractivity contribution in [2.75, 3.05) is 46.7 Å². The third-order valence-electron chi connectivity index (χ3n) is 5.20. The van der Waals surface area contributed by atoms with Crippen LogP contribution in [0.2, 0.25) is 0 Å². The number of thioether (sulfide) groups is 1. The number of benzene rings is 1. The number of aryl methyl sites for hydroxylation is 1. The molecule has 1 atom stereocenters. The lowest BCUT2D eigenvalue weighted by molar-refractivity contribution is 0.398. The van der Waals surface area contributed by atoms with Gasteiger partial charge < -0.3 is 24.7 Å². The van der Waals surface area contributed by atoms with E-state index >= 15 is 0 Å². The van der Waals surface area contributed by atoms with Crippen molar-refractivity contribution in [2.45, 2.75) is 31.4 Å². The number of aromatic amines is 1. The molecule has 162 valence electrons. The number of nitrogens with zero attached hydrogens (tertiary/aromatic N) is 2. The fourth-order valence-corrected chi connectivity index (χ4v) is 4.81. The van der Waals surface area contributed by atoms with Crippen LogP contribution in [0.3, 0.4) is 0 Å². The van der Waals surface area contributed by atoms with Crippen LogP contribution < -0.4 is 14.8 Å². The van der Waals surface area contributed by atoms with Crippen molar-refractivity contribution < 1.29 is 9.47 Å². The zero-order chi connectivity index (χ0) is 19.9. The molecule has 0 aliphatic carbocycles. The summed E-state index contributed by atoms with van der Waals surface area (Å²) >= 11 is 2.08. The average Bonchev–Trinajstić information content (AvgIpc) is 3.15. The van der Waals surface area contributed by atoms with Crippen molar-refractivity contribution in [1.29, 1.82) is 0 Å². The Morgan fingerprint density at radius 2 is 2.14 bits per heavy atom. The van der Waals surface area contributed by atoms with E-state index in [0.29, 0.717) is 5.25 Å². The van der Waals surface area contributed by atoms with E-state index in [1.807, 2.05) is 19.2 Å². The van der Waals surface area contributed by atoms with Crippen LogP contribution in [0.5, 0.6) is 11.5 Å². The lowest BCUT2D eigenvalue weighted by atomic mass is 10.2. The number of halogens is 1. The Bertz CT molecular complexity index is 811. The van der Waals surface area contributed by atoms with Gasteiger partial charge in [-0.3, -0.25) is 4.99 Å². The molecule has 1 unspecified atom stereocenters. The Kier molecular flexibility index (Phi) is 9.74. The first-order chi connectivity index (χ1) is 13.7. The van der Waals surface area contributed by atoms with E-state index in [1.54, 1.807) is 14.2 Å². The van der Waals surface area contributed by atoms with Gasteiger partial charge in [0.1, 0.15) is 11.5 Å². The van der Waals surface area contributed by atoms with Gasteiger partial charge in [-0.25, -0.2) is 0 Å². The Labute approximate surface area is 195 Å². The molecule has 8 heteroatoms. The normalized spacial score (nSPS) is 17.2. The van der Waals surface area contributed by atoms with Crippen LogP contribution in [0.15, 0.2) is 23.2 Å². The van der Waals surface area contributed by atoms with Crippen LogP contribution in [-0.2, 0) is 6.42 Å². The van der Waals surface area contributed by atoms with Gasteiger partial charge in [0, 0.05) is 60.9 Å². The van der Waals surface area contributed by atoms with Crippen molar-refractivity contribution in [3.05, 3.63) is 23.9 Å². The van der Waals surface area contributed by atoms with E-state index in [4.69, 9.17) is 9.47 Å². The summed E-state index contributed by atoms with van der Waals surface area (Å²) in [6.45, 7) is 5.33. The van der Waals surface area contributed by atoms with Crippen molar-refractivity contribution in [1.82, 2.24) is 15.2 Å². The predicted octanol–water partition coefficient (Wildman–Crippen LogP) is 4.14. The SMILES string of the molecule is CCC1CN(C(=NC)NCCCc2cc3c(OC)cc(OC)cc3[nH]2)CCS1.I. The largest absolute Gasteiger partial charge is 0.497 e.